The maximum atomic E-state index is 11.2. The van der Waals surface area contributed by atoms with E-state index >= 15 is 0 Å². The first kappa shape index (κ1) is 21.3. The molecular formula is C22H27NO3S. The van der Waals surface area contributed by atoms with Crippen LogP contribution in [0.15, 0.2) is 42.5 Å². The average Bonchev–Trinajstić information content (AvgIpc) is 2.70. The Bertz CT molecular complexity index is 781. The van der Waals surface area contributed by atoms with E-state index in [4.69, 9.17) is 5.26 Å². The van der Waals surface area contributed by atoms with Gasteiger partial charge in [-0.2, -0.15) is 17.0 Å². The first-order valence-corrected chi connectivity index (χ1v) is 10.5. The maximum absolute atomic E-state index is 11.2. The maximum Gasteiger partial charge on any atom is 0.309 e. The molecule has 0 amide bonds. The first-order valence-electron chi connectivity index (χ1n) is 9.33. The van der Waals surface area contributed by atoms with Crippen LogP contribution in [-0.4, -0.2) is 35.3 Å². The normalized spacial score (nSPS) is 13.1. The number of benzene rings is 2. The van der Waals surface area contributed by atoms with Gasteiger partial charge in [-0.25, -0.2) is 0 Å². The van der Waals surface area contributed by atoms with E-state index in [0.717, 1.165) is 37.9 Å². The van der Waals surface area contributed by atoms with E-state index in [0.29, 0.717) is 0 Å². The second-order valence-corrected chi connectivity index (χ2v) is 7.86. The van der Waals surface area contributed by atoms with E-state index in [1.54, 1.807) is 0 Å². The van der Waals surface area contributed by atoms with Crippen molar-refractivity contribution in [1.82, 2.24) is 0 Å². The molecule has 0 fully saturated rings. The van der Waals surface area contributed by atoms with Crippen molar-refractivity contribution in [2.45, 2.75) is 44.1 Å². The van der Waals surface area contributed by atoms with E-state index in [1.807, 2.05) is 6.07 Å². The zero-order chi connectivity index (χ0) is 19.5. The lowest BCUT2D eigenvalue weighted by atomic mass is 9.99. The molecule has 4 nitrogen and oxygen atoms in total. The molecule has 0 spiro atoms. The number of carbonyl (C=O) groups is 1. The summed E-state index contributed by atoms with van der Waals surface area (Å²) in [6, 6.07) is 16.8. The van der Waals surface area contributed by atoms with Crippen molar-refractivity contribution >= 4 is 28.5 Å². The molecule has 0 saturated carbocycles. The van der Waals surface area contributed by atoms with Crippen molar-refractivity contribution in [2.75, 3.05) is 18.6 Å². The van der Waals surface area contributed by atoms with Crippen molar-refractivity contribution in [3.63, 3.8) is 0 Å². The fourth-order valence-corrected chi connectivity index (χ4v) is 4.12. The summed E-state index contributed by atoms with van der Waals surface area (Å²) in [4.78, 5) is 11.2. The topological polar surface area (TPSA) is 70.3 Å². The molecule has 1 atom stereocenters. The Morgan fingerprint density at radius 2 is 1.89 bits per heavy atom. The van der Waals surface area contributed by atoms with Gasteiger partial charge in [0, 0.05) is 5.75 Å². The minimum absolute atomic E-state index is 0.231. The molecule has 2 aromatic carbocycles. The van der Waals surface area contributed by atoms with Crippen LogP contribution >= 0.6 is 11.8 Å². The van der Waals surface area contributed by atoms with Crippen LogP contribution in [0.3, 0.4) is 0 Å². The van der Waals surface area contributed by atoms with E-state index in [-0.39, 0.29) is 12.2 Å². The Balaban J connectivity index is 1.62. The lowest BCUT2D eigenvalue weighted by Crippen LogP contribution is -2.33. The number of thioether (sulfide) groups is 1. The summed E-state index contributed by atoms with van der Waals surface area (Å²) in [5.41, 5.74) is -0.226. The number of aryl methyl sites for hydroxylation is 1. The van der Waals surface area contributed by atoms with Gasteiger partial charge in [0.1, 0.15) is 0 Å². The quantitative estimate of drug-likeness (QED) is 0.350. The van der Waals surface area contributed by atoms with Gasteiger partial charge in [-0.05, 0) is 41.4 Å². The molecule has 0 saturated heterocycles. The van der Waals surface area contributed by atoms with Crippen LogP contribution in [0.2, 0.25) is 0 Å². The smallest absolute Gasteiger partial charge is 0.309 e. The molecule has 1 unspecified atom stereocenters. The SMILES string of the molecule is COC(=O)CC(O)(C#N)CSCCCCCCc1cccc2ccccc12. The number of aliphatic hydroxyl groups is 1. The summed E-state index contributed by atoms with van der Waals surface area (Å²) >= 11 is 1.51. The minimum atomic E-state index is -1.63. The number of ether oxygens (including phenoxy) is 1. The molecule has 0 bridgehead atoms. The highest BCUT2D eigenvalue weighted by Crippen LogP contribution is 2.22. The van der Waals surface area contributed by atoms with Crippen molar-refractivity contribution < 1.29 is 14.6 Å². The third kappa shape index (κ3) is 6.89. The summed E-state index contributed by atoms with van der Waals surface area (Å²) < 4.78 is 4.52. The van der Waals surface area contributed by atoms with E-state index < -0.39 is 11.6 Å². The van der Waals surface area contributed by atoms with Crippen LogP contribution in [-0.2, 0) is 16.0 Å². The molecular weight excluding hydrogens is 358 g/mol. The number of hydrogen-bond acceptors (Lipinski definition) is 5. The highest BCUT2D eigenvalue weighted by atomic mass is 32.2. The molecule has 2 aromatic rings. The Morgan fingerprint density at radius 3 is 2.67 bits per heavy atom. The number of methoxy groups -OCH3 is 1. The van der Waals surface area contributed by atoms with Gasteiger partial charge in [-0.3, -0.25) is 4.79 Å². The molecule has 1 N–H and O–H groups in total. The molecule has 144 valence electrons. The molecule has 0 heterocycles. The van der Waals surface area contributed by atoms with Gasteiger partial charge in [0.2, 0.25) is 0 Å². The standard InChI is InChI=1S/C22H27NO3S/c1-26-21(24)15-22(25,16-23)17-27-14-7-3-2-4-9-18-11-8-12-19-10-5-6-13-20(18)19/h5-6,8,10-13,25H,2-4,7,9,14-15,17H2,1H3. The Morgan fingerprint density at radius 1 is 1.15 bits per heavy atom. The molecule has 5 heteroatoms. The summed E-state index contributed by atoms with van der Waals surface area (Å²) in [6.07, 6.45) is 5.29. The monoisotopic (exact) mass is 385 g/mol. The van der Waals surface area contributed by atoms with Crippen LogP contribution in [0.4, 0.5) is 0 Å². The number of fused-ring (bicyclic) bond motifs is 1. The van der Waals surface area contributed by atoms with Crippen LogP contribution < -0.4 is 0 Å². The summed E-state index contributed by atoms with van der Waals surface area (Å²) in [5, 5.41) is 21.8. The third-order valence-corrected chi connectivity index (χ3v) is 5.84. The Labute approximate surface area is 165 Å². The van der Waals surface area contributed by atoms with Gasteiger partial charge in [0.15, 0.2) is 5.60 Å². The molecule has 0 aromatic heterocycles. The lowest BCUT2D eigenvalue weighted by molar-refractivity contribution is -0.143. The number of unbranched alkanes of at least 4 members (excludes halogenated alkanes) is 3. The second kappa shape index (κ2) is 11.0. The molecule has 27 heavy (non-hydrogen) atoms. The van der Waals surface area contributed by atoms with E-state index in [1.165, 1.54) is 35.2 Å². The zero-order valence-electron chi connectivity index (χ0n) is 15.8. The van der Waals surface area contributed by atoms with Crippen LogP contribution in [0, 0.1) is 11.3 Å². The van der Waals surface area contributed by atoms with Crippen molar-refractivity contribution in [3.8, 4) is 6.07 Å². The molecule has 0 aliphatic rings. The molecule has 2 rings (SSSR count). The van der Waals surface area contributed by atoms with Gasteiger partial charge in [-0.1, -0.05) is 55.3 Å². The molecule has 0 aliphatic carbocycles. The van der Waals surface area contributed by atoms with Gasteiger partial charge >= 0.3 is 5.97 Å². The van der Waals surface area contributed by atoms with Crippen molar-refractivity contribution in [2.24, 2.45) is 0 Å². The van der Waals surface area contributed by atoms with Gasteiger partial charge in [-0.15, -0.1) is 0 Å². The fourth-order valence-electron chi connectivity index (χ4n) is 3.06. The number of nitriles is 1. The predicted octanol–water partition coefficient (Wildman–Crippen LogP) is 4.49. The number of hydrogen-bond donors (Lipinski definition) is 1. The zero-order valence-corrected chi connectivity index (χ0v) is 16.6. The first-order chi connectivity index (χ1) is 13.1. The van der Waals surface area contributed by atoms with E-state index in [9.17, 15) is 9.90 Å². The van der Waals surface area contributed by atoms with Crippen molar-refractivity contribution in [3.05, 3.63) is 48.0 Å². The Kier molecular flexibility index (Phi) is 8.63. The second-order valence-electron chi connectivity index (χ2n) is 6.75. The number of esters is 1. The summed E-state index contributed by atoms with van der Waals surface area (Å²) in [6.45, 7) is 0. The number of rotatable bonds is 11. The summed E-state index contributed by atoms with van der Waals surface area (Å²) in [7, 11) is 1.26. The molecule has 0 radical (unpaired) electrons. The van der Waals surface area contributed by atoms with Gasteiger partial charge < -0.3 is 9.84 Å². The average molecular weight is 386 g/mol. The van der Waals surface area contributed by atoms with Crippen LogP contribution in [0.25, 0.3) is 10.8 Å². The lowest BCUT2D eigenvalue weighted by Gasteiger charge is -2.18. The molecule has 0 aliphatic heterocycles. The van der Waals surface area contributed by atoms with Crippen LogP contribution in [0.5, 0.6) is 0 Å². The van der Waals surface area contributed by atoms with Crippen molar-refractivity contribution in [1.29, 1.82) is 5.26 Å². The van der Waals surface area contributed by atoms with Crippen LogP contribution in [0.1, 0.15) is 37.7 Å². The number of nitrogens with zero attached hydrogens (tertiary/aromatic N) is 1. The van der Waals surface area contributed by atoms with E-state index in [2.05, 4.69) is 47.2 Å². The van der Waals surface area contributed by atoms with Gasteiger partial charge in [0.05, 0.1) is 19.6 Å². The largest absolute Gasteiger partial charge is 0.469 e. The summed E-state index contributed by atoms with van der Waals surface area (Å²) in [5.74, 6) is 0.543. The highest BCUT2D eigenvalue weighted by Gasteiger charge is 2.30. The Hall–Kier alpha value is -2.03. The number of carbonyl (C=O) groups excluding carboxylic acids is 1. The minimum Gasteiger partial charge on any atom is -0.469 e. The highest BCUT2D eigenvalue weighted by molar-refractivity contribution is 7.99. The third-order valence-electron chi connectivity index (χ3n) is 4.58. The van der Waals surface area contributed by atoms with Gasteiger partial charge in [0.25, 0.3) is 0 Å². The fraction of sp³-hybridized carbons (Fsp3) is 0.455. The predicted molar refractivity (Wildman–Crippen MR) is 111 cm³/mol.